The number of nitrogens with zero attached hydrogens (tertiary/aromatic N) is 2. The van der Waals surface area contributed by atoms with E-state index in [-0.39, 0.29) is 11.7 Å². The highest BCUT2D eigenvalue weighted by Crippen LogP contribution is 2.49. The van der Waals surface area contributed by atoms with E-state index in [9.17, 15) is 14.3 Å². The van der Waals surface area contributed by atoms with Crippen molar-refractivity contribution in [1.82, 2.24) is 4.90 Å². The molecule has 3 atom stereocenters. The van der Waals surface area contributed by atoms with Crippen molar-refractivity contribution in [1.29, 1.82) is 0 Å². The fourth-order valence-corrected chi connectivity index (χ4v) is 5.24. The number of amides is 1. The molecule has 3 unspecified atom stereocenters. The molecule has 1 amide bonds. The summed E-state index contributed by atoms with van der Waals surface area (Å²) < 4.78 is 13.0. The monoisotopic (exact) mass is 395 g/mol. The van der Waals surface area contributed by atoms with Gasteiger partial charge < -0.3 is 20.2 Å². The molecular formula is C23H26FN3O2. The Morgan fingerprint density at radius 2 is 2.03 bits per heavy atom. The van der Waals surface area contributed by atoms with Gasteiger partial charge in [0, 0.05) is 25.0 Å². The standard InChI is InChI=1S/C23H26FN3O2/c24-16-8-6-15(7-9-16)21(28)5-2-11-26-12-10-20-18(13-26)17-3-1-4-19-23(17)27(20)14-22(29)25-19/h1,3-4,6-9,18,20-21,28H,2,5,10-14H2,(H,25,29). The van der Waals surface area contributed by atoms with E-state index >= 15 is 0 Å². The summed E-state index contributed by atoms with van der Waals surface area (Å²) in [7, 11) is 0. The van der Waals surface area contributed by atoms with Crippen LogP contribution in [0.5, 0.6) is 0 Å². The molecule has 2 aromatic carbocycles. The lowest BCUT2D eigenvalue weighted by Gasteiger charge is -2.39. The van der Waals surface area contributed by atoms with Crippen molar-refractivity contribution in [2.75, 3.05) is 36.4 Å². The van der Waals surface area contributed by atoms with E-state index in [0.717, 1.165) is 43.7 Å². The van der Waals surface area contributed by atoms with Crippen LogP contribution in [0, 0.1) is 5.82 Å². The summed E-state index contributed by atoms with van der Waals surface area (Å²) >= 11 is 0. The van der Waals surface area contributed by atoms with Gasteiger partial charge in [-0.15, -0.1) is 0 Å². The molecule has 6 heteroatoms. The van der Waals surface area contributed by atoms with E-state index in [1.807, 2.05) is 12.1 Å². The van der Waals surface area contributed by atoms with Crippen LogP contribution in [-0.2, 0) is 4.79 Å². The Labute approximate surface area is 170 Å². The molecule has 5 nitrogen and oxygen atoms in total. The molecular weight excluding hydrogens is 369 g/mol. The lowest BCUT2D eigenvalue weighted by Crippen LogP contribution is -2.49. The zero-order chi connectivity index (χ0) is 20.0. The molecule has 0 saturated carbocycles. The van der Waals surface area contributed by atoms with Crippen molar-refractivity contribution >= 4 is 17.3 Å². The van der Waals surface area contributed by atoms with Crippen LogP contribution >= 0.6 is 0 Å². The minimum Gasteiger partial charge on any atom is -0.388 e. The number of aliphatic hydroxyl groups is 1. The van der Waals surface area contributed by atoms with Crippen molar-refractivity contribution in [3.63, 3.8) is 0 Å². The molecule has 2 aromatic rings. The number of nitrogens with one attached hydrogen (secondary N) is 1. The molecule has 152 valence electrons. The van der Waals surface area contributed by atoms with Crippen LogP contribution in [0.2, 0.25) is 0 Å². The summed E-state index contributed by atoms with van der Waals surface area (Å²) in [5.41, 5.74) is 4.29. The van der Waals surface area contributed by atoms with Crippen molar-refractivity contribution in [2.45, 2.75) is 37.3 Å². The topological polar surface area (TPSA) is 55.8 Å². The van der Waals surface area contributed by atoms with Crippen molar-refractivity contribution in [3.8, 4) is 0 Å². The maximum Gasteiger partial charge on any atom is 0.243 e. The van der Waals surface area contributed by atoms with Gasteiger partial charge in [-0.1, -0.05) is 24.3 Å². The summed E-state index contributed by atoms with van der Waals surface area (Å²) in [6.45, 7) is 3.39. The SMILES string of the molecule is O=C1CN2c3c(cccc3C3CN(CCCC(O)c4ccc(F)cc4)CCC32)N1. The number of hydrogen-bond acceptors (Lipinski definition) is 4. The number of carbonyl (C=O) groups excluding carboxylic acids is 1. The van der Waals surface area contributed by atoms with E-state index in [0.29, 0.717) is 24.9 Å². The van der Waals surface area contributed by atoms with Gasteiger partial charge in [-0.2, -0.15) is 0 Å². The van der Waals surface area contributed by atoms with Gasteiger partial charge in [0.1, 0.15) is 5.82 Å². The Morgan fingerprint density at radius 3 is 2.86 bits per heavy atom. The number of rotatable bonds is 5. The first kappa shape index (κ1) is 18.6. The van der Waals surface area contributed by atoms with Gasteiger partial charge in [-0.25, -0.2) is 4.39 Å². The van der Waals surface area contributed by atoms with Gasteiger partial charge in [0.05, 0.1) is 24.0 Å². The van der Waals surface area contributed by atoms with Crippen LogP contribution in [0.1, 0.15) is 42.4 Å². The number of halogens is 1. The molecule has 2 N–H and O–H groups in total. The third kappa shape index (κ3) is 3.40. The average Bonchev–Trinajstić information content (AvgIpc) is 3.03. The van der Waals surface area contributed by atoms with Crippen molar-refractivity contribution in [3.05, 3.63) is 59.4 Å². The van der Waals surface area contributed by atoms with Crippen LogP contribution < -0.4 is 10.2 Å². The predicted molar refractivity (Wildman–Crippen MR) is 111 cm³/mol. The first-order valence-corrected chi connectivity index (χ1v) is 10.5. The summed E-state index contributed by atoms with van der Waals surface area (Å²) in [4.78, 5) is 16.9. The highest BCUT2D eigenvalue weighted by molar-refractivity contribution is 6.03. The van der Waals surface area contributed by atoms with Crippen LogP contribution in [0.25, 0.3) is 0 Å². The molecule has 29 heavy (non-hydrogen) atoms. The molecule has 0 spiro atoms. The minimum atomic E-state index is -0.551. The number of piperidine rings is 1. The van der Waals surface area contributed by atoms with Gasteiger partial charge >= 0.3 is 0 Å². The largest absolute Gasteiger partial charge is 0.388 e. The number of anilines is 2. The molecule has 3 aliphatic rings. The van der Waals surface area contributed by atoms with Crippen molar-refractivity contribution in [2.24, 2.45) is 0 Å². The Balaban J connectivity index is 1.21. The summed E-state index contributed by atoms with van der Waals surface area (Å²) in [6.07, 6.45) is 2.06. The van der Waals surface area contributed by atoms with Gasteiger partial charge in [0.25, 0.3) is 0 Å². The number of carbonyl (C=O) groups is 1. The van der Waals surface area contributed by atoms with E-state index in [1.165, 1.54) is 23.4 Å². The summed E-state index contributed by atoms with van der Waals surface area (Å²) in [6, 6.07) is 12.7. The fraction of sp³-hybridized carbons (Fsp3) is 0.435. The van der Waals surface area contributed by atoms with Crippen molar-refractivity contribution < 1.29 is 14.3 Å². The van der Waals surface area contributed by atoms with Crippen LogP contribution in [0.4, 0.5) is 15.8 Å². The second-order valence-corrected chi connectivity index (χ2v) is 8.39. The smallest absolute Gasteiger partial charge is 0.243 e. The molecule has 1 fully saturated rings. The Kier molecular flexibility index (Phi) is 4.76. The second kappa shape index (κ2) is 7.43. The number of hydrogen-bond donors (Lipinski definition) is 2. The van der Waals surface area contributed by atoms with Crippen LogP contribution in [0.15, 0.2) is 42.5 Å². The Bertz CT molecular complexity index is 917. The van der Waals surface area contributed by atoms with E-state index in [1.54, 1.807) is 12.1 Å². The third-order valence-electron chi connectivity index (χ3n) is 6.61. The highest BCUT2D eigenvalue weighted by atomic mass is 19.1. The zero-order valence-corrected chi connectivity index (χ0v) is 16.4. The second-order valence-electron chi connectivity index (χ2n) is 8.39. The molecule has 0 radical (unpaired) electrons. The van der Waals surface area contributed by atoms with E-state index in [4.69, 9.17) is 0 Å². The normalized spacial score (nSPS) is 24.1. The average molecular weight is 395 g/mol. The van der Waals surface area contributed by atoms with Gasteiger partial charge in [0.15, 0.2) is 0 Å². The summed E-state index contributed by atoms with van der Waals surface area (Å²) in [5.74, 6) is 0.222. The highest BCUT2D eigenvalue weighted by Gasteiger charge is 2.44. The van der Waals surface area contributed by atoms with Gasteiger partial charge in [-0.3, -0.25) is 4.79 Å². The molecule has 3 aliphatic heterocycles. The minimum absolute atomic E-state index is 0.0764. The fourth-order valence-electron chi connectivity index (χ4n) is 5.24. The third-order valence-corrected chi connectivity index (χ3v) is 6.61. The first-order valence-electron chi connectivity index (χ1n) is 10.5. The Hall–Kier alpha value is -2.44. The Morgan fingerprint density at radius 1 is 1.21 bits per heavy atom. The molecule has 0 aromatic heterocycles. The van der Waals surface area contributed by atoms with E-state index < -0.39 is 6.10 Å². The molecule has 0 aliphatic carbocycles. The molecule has 0 bridgehead atoms. The zero-order valence-electron chi connectivity index (χ0n) is 16.4. The number of aliphatic hydroxyl groups excluding tert-OH is 1. The maximum atomic E-state index is 13.0. The quantitative estimate of drug-likeness (QED) is 0.816. The van der Waals surface area contributed by atoms with Gasteiger partial charge in [-0.05, 0) is 55.1 Å². The van der Waals surface area contributed by atoms with Crippen LogP contribution in [-0.4, -0.2) is 48.1 Å². The van der Waals surface area contributed by atoms with Gasteiger partial charge in [0.2, 0.25) is 5.91 Å². The van der Waals surface area contributed by atoms with Crippen LogP contribution in [0.3, 0.4) is 0 Å². The lowest BCUT2D eigenvalue weighted by molar-refractivity contribution is -0.115. The molecule has 5 rings (SSSR count). The predicted octanol–water partition coefficient (Wildman–Crippen LogP) is 3.27. The number of para-hydroxylation sites is 1. The lowest BCUT2D eigenvalue weighted by atomic mass is 9.89. The number of fused-ring (bicyclic) bond motifs is 3. The van der Waals surface area contributed by atoms with E-state index in [2.05, 4.69) is 21.2 Å². The molecule has 3 heterocycles. The maximum absolute atomic E-state index is 13.0. The summed E-state index contributed by atoms with van der Waals surface area (Å²) in [5, 5.41) is 13.4. The number of likely N-dealkylation sites (tertiary alicyclic amines) is 1. The number of benzene rings is 2. The first-order chi connectivity index (χ1) is 14.1. The molecule has 1 saturated heterocycles.